The van der Waals surface area contributed by atoms with Crippen molar-refractivity contribution in [2.45, 2.75) is 32.2 Å². The molecule has 1 amide bonds. The molecule has 0 bridgehead atoms. The first kappa shape index (κ1) is 14.9. The maximum Gasteiger partial charge on any atom is 0.307 e. The number of aliphatic carboxylic acids is 1. The van der Waals surface area contributed by atoms with E-state index in [9.17, 15) is 9.59 Å². The summed E-state index contributed by atoms with van der Waals surface area (Å²) in [5.41, 5.74) is 4.37. The molecule has 2 aliphatic carbocycles. The van der Waals surface area contributed by atoms with E-state index < -0.39 is 11.9 Å². The molecule has 124 valence electrons. The summed E-state index contributed by atoms with van der Waals surface area (Å²) in [6.45, 7) is 0.365. The molecule has 1 aromatic carbocycles. The van der Waals surface area contributed by atoms with Gasteiger partial charge in [0.05, 0.1) is 29.8 Å². The predicted molar refractivity (Wildman–Crippen MR) is 86.7 cm³/mol. The number of rotatable bonds is 5. The Balaban J connectivity index is 1.50. The Kier molecular flexibility index (Phi) is 3.59. The van der Waals surface area contributed by atoms with Crippen molar-refractivity contribution in [2.75, 3.05) is 0 Å². The number of benzene rings is 1. The van der Waals surface area contributed by atoms with Crippen molar-refractivity contribution in [2.24, 2.45) is 11.8 Å². The van der Waals surface area contributed by atoms with Crippen LogP contribution in [0.3, 0.4) is 0 Å². The summed E-state index contributed by atoms with van der Waals surface area (Å²) in [5.74, 6) is -1.96. The molecule has 2 atom stereocenters. The zero-order valence-electron chi connectivity index (χ0n) is 13.2. The summed E-state index contributed by atoms with van der Waals surface area (Å²) in [4.78, 5) is 22.9. The lowest BCUT2D eigenvalue weighted by Gasteiger charge is -2.05. The topological polar surface area (TPSA) is 84.2 Å². The van der Waals surface area contributed by atoms with Crippen LogP contribution in [0.1, 0.15) is 29.8 Å². The highest BCUT2D eigenvalue weighted by Crippen LogP contribution is 2.38. The lowest BCUT2D eigenvalue weighted by molar-refractivity contribution is -0.140. The van der Waals surface area contributed by atoms with Crippen molar-refractivity contribution in [1.29, 1.82) is 0 Å². The molecule has 1 heterocycles. The SMILES string of the molecule is O=C(O)C1CC1C(=O)NCc1nn(-c2ccccc2)c2c1CCC2. The van der Waals surface area contributed by atoms with Crippen LogP contribution in [0.5, 0.6) is 0 Å². The van der Waals surface area contributed by atoms with Gasteiger partial charge in [-0.1, -0.05) is 18.2 Å². The van der Waals surface area contributed by atoms with Crippen LogP contribution in [-0.4, -0.2) is 26.8 Å². The van der Waals surface area contributed by atoms with Gasteiger partial charge in [0.25, 0.3) is 0 Å². The molecule has 2 aliphatic rings. The fraction of sp³-hybridized carbons (Fsp3) is 0.389. The third-order valence-electron chi connectivity index (χ3n) is 4.89. The molecule has 0 spiro atoms. The van der Waals surface area contributed by atoms with Gasteiger partial charge >= 0.3 is 5.97 Å². The van der Waals surface area contributed by atoms with Crippen LogP contribution in [0.4, 0.5) is 0 Å². The smallest absolute Gasteiger partial charge is 0.307 e. The first-order valence-corrected chi connectivity index (χ1v) is 8.30. The largest absolute Gasteiger partial charge is 0.481 e. The van der Waals surface area contributed by atoms with E-state index in [2.05, 4.69) is 5.32 Å². The maximum absolute atomic E-state index is 12.1. The number of nitrogens with zero attached hydrogens (tertiary/aromatic N) is 2. The summed E-state index contributed by atoms with van der Waals surface area (Å²) in [6, 6.07) is 9.99. The fourth-order valence-corrected chi connectivity index (χ4v) is 3.50. The molecule has 24 heavy (non-hydrogen) atoms. The molecule has 1 aromatic heterocycles. The minimum absolute atomic E-state index is 0.177. The number of carbonyl (C=O) groups is 2. The van der Waals surface area contributed by atoms with Crippen LogP contribution in [0.2, 0.25) is 0 Å². The molecule has 0 aliphatic heterocycles. The average molecular weight is 325 g/mol. The molecule has 2 aromatic rings. The quantitative estimate of drug-likeness (QED) is 0.876. The second kappa shape index (κ2) is 5.78. The van der Waals surface area contributed by atoms with Gasteiger partial charge in [-0.2, -0.15) is 5.10 Å². The molecule has 2 N–H and O–H groups in total. The van der Waals surface area contributed by atoms with Gasteiger partial charge in [0.1, 0.15) is 0 Å². The van der Waals surface area contributed by atoms with E-state index >= 15 is 0 Å². The van der Waals surface area contributed by atoms with Gasteiger partial charge in [-0.15, -0.1) is 0 Å². The highest BCUT2D eigenvalue weighted by Gasteiger charge is 2.48. The van der Waals surface area contributed by atoms with Crippen molar-refractivity contribution in [3.05, 3.63) is 47.3 Å². The lowest BCUT2D eigenvalue weighted by Crippen LogP contribution is -2.26. The standard InChI is InChI=1S/C18H19N3O3/c22-17(13-9-14(13)18(23)24)19-10-15-12-7-4-8-16(12)21(20-15)11-5-2-1-3-6-11/h1-3,5-6,13-14H,4,7-10H2,(H,19,22)(H,23,24). The van der Waals surface area contributed by atoms with Gasteiger partial charge in [-0.25, -0.2) is 4.68 Å². The Labute approximate surface area is 139 Å². The van der Waals surface area contributed by atoms with E-state index in [1.807, 2.05) is 35.0 Å². The van der Waals surface area contributed by atoms with E-state index in [1.54, 1.807) is 0 Å². The molecule has 4 rings (SSSR count). The van der Waals surface area contributed by atoms with Crippen LogP contribution < -0.4 is 5.32 Å². The second-order valence-electron chi connectivity index (χ2n) is 6.48. The van der Waals surface area contributed by atoms with Crippen molar-refractivity contribution in [3.8, 4) is 5.69 Å². The minimum atomic E-state index is -0.885. The zero-order chi connectivity index (χ0) is 16.7. The Morgan fingerprint density at radius 3 is 2.71 bits per heavy atom. The number of hydrogen-bond donors (Lipinski definition) is 2. The number of carboxylic acid groups (broad SMARTS) is 1. The van der Waals surface area contributed by atoms with Crippen molar-refractivity contribution >= 4 is 11.9 Å². The lowest BCUT2D eigenvalue weighted by atomic mass is 10.2. The highest BCUT2D eigenvalue weighted by molar-refractivity contribution is 5.89. The number of nitrogens with one attached hydrogen (secondary N) is 1. The molecule has 1 fully saturated rings. The Hall–Kier alpha value is -2.63. The normalized spacial score (nSPS) is 21.3. The molecule has 1 saturated carbocycles. The molecule has 0 radical (unpaired) electrons. The molecule has 6 nitrogen and oxygen atoms in total. The van der Waals surface area contributed by atoms with Crippen LogP contribution in [0, 0.1) is 11.8 Å². The van der Waals surface area contributed by atoms with Gasteiger partial charge < -0.3 is 10.4 Å². The third kappa shape index (κ3) is 2.58. The van der Waals surface area contributed by atoms with Gasteiger partial charge in [0, 0.05) is 5.69 Å². The summed E-state index contributed by atoms with van der Waals surface area (Å²) in [7, 11) is 0. The van der Waals surface area contributed by atoms with Gasteiger partial charge in [-0.3, -0.25) is 9.59 Å². The Morgan fingerprint density at radius 2 is 2.00 bits per heavy atom. The molecular formula is C18H19N3O3. The van der Waals surface area contributed by atoms with Crippen LogP contribution in [0.25, 0.3) is 5.69 Å². The minimum Gasteiger partial charge on any atom is -0.481 e. The van der Waals surface area contributed by atoms with E-state index in [0.717, 1.165) is 30.6 Å². The van der Waals surface area contributed by atoms with E-state index in [1.165, 1.54) is 11.3 Å². The number of carbonyl (C=O) groups excluding carboxylic acids is 1. The monoisotopic (exact) mass is 325 g/mol. The maximum atomic E-state index is 12.1. The molecule has 0 saturated heterocycles. The first-order valence-electron chi connectivity index (χ1n) is 8.30. The van der Waals surface area contributed by atoms with Crippen LogP contribution in [0.15, 0.2) is 30.3 Å². The number of para-hydroxylation sites is 1. The number of aromatic nitrogens is 2. The molecular weight excluding hydrogens is 306 g/mol. The highest BCUT2D eigenvalue weighted by atomic mass is 16.4. The van der Waals surface area contributed by atoms with Crippen LogP contribution >= 0.6 is 0 Å². The van der Waals surface area contributed by atoms with E-state index in [0.29, 0.717) is 13.0 Å². The average Bonchev–Trinajstić information content (AvgIpc) is 3.13. The molecule has 2 unspecified atom stereocenters. The summed E-state index contributed by atoms with van der Waals surface area (Å²) in [5, 5.41) is 16.5. The van der Waals surface area contributed by atoms with Gasteiger partial charge in [0.2, 0.25) is 5.91 Å². The number of fused-ring (bicyclic) bond motifs is 1. The van der Waals surface area contributed by atoms with Crippen molar-refractivity contribution in [3.63, 3.8) is 0 Å². The Morgan fingerprint density at radius 1 is 1.21 bits per heavy atom. The predicted octanol–water partition coefficient (Wildman–Crippen LogP) is 1.70. The second-order valence-corrected chi connectivity index (χ2v) is 6.48. The Bertz CT molecular complexity index is 797. The van der Waals surface area contributed by atoms with Crippen LogP contribution in [-0.2, 0) is 29.0 Å². The zero-order valence-corrected chi connectivity index (χ0v) is 13.2. The summed E-state index contributed by atoms with van der Waals surface area (Å²) in [6.07, 6.45) is 3.52. The first-order chi connectivity index (χ1) is 11.6. The van der Waals surface area contributed by atoms with Gasteiger partial charge in [-0.05, 0) is 43.4 Å². The van der Waals surface area contributed by atoms with Crippen molar-refractivity contribution in [1.82, 2.24) is 15.1 Å². The summed E-state index contributed by atoms with van der Waals surface area (Å²) < 4.78 is 1.97. The fourth-order valence-electron chi connectivity index (χ4n) is 3.50. The third-order valence-corrected chi connectivity index (χ3v) is 4.89. The van der Waals surface area contributed by atoms with Crippen molar-refractivity contribution < 1.29 is 14.7 Å². The number of carboxylic acids is 1. The number of amides is 1. The van der Waals surface area contributed by atoms with E-state index in [4.69, 9.17) is 10.2 Å². The summed E-state index contributed by atoms with van der Waals surface area (Å²) >= 11 is 0. The van der Waals surface area contributed by atoms with Gasteiger partial charge in [0.15, 0.2) is 0 Å². The van der Waals surface area contributed by atoms with E-state index in [-0.39, 0.29) is 11.8 Å². The molecule has 6 heteroatoms. The number of hydrogen-bond acceptors (Lipinski definition) is 3.